The van der Waals surface area contributed by atoms with Crippen LogP contribution in [0.15, 0.2) is 78.9 Å². The summed E-state index contributed by atoms with van der Waals surface area (Å²) in [4.78, 5) is 14.4. The van der Waals surface area contributed by atoms with Gasteiger partial charge in [0.1, 0.15) is 64.0 Å². The van der Waals surface area contributed by atoms with Gasteiger partial charge in [0.2, 0.25) is 5.75 Å². The van der Waals surface area contributed by atoms with Crippen molar-refractivity contribution < 1.29 is 121 Å². The summed E-state index contributed by atoms with van der Waals surface area (Å²) in [6, 6.07) is 11.5. The van der Waals surface area contributed by atoms with Gasteiger partial charge in [-0.05, 0) is 54.1 Å². The first-order chi connectivity index (χ1) is 35.9. The van der Waals surface area contributed by atoms with Crippen LogP contribution in [0.4, 0.5) is 0 Å². The molecule has 0 aliphatic carbocycles. The second-order valence-corrected chi connectivity index (χ2v) is 18.2. The van der Waals surface area contributed by atoms with E-state index in [9.17, 15) is 102 Å². The third-order valence-corrected chi connectivity index (χ3v) is 13.6. The lowest BCUT2D eigenvalue weighted by atomic mass is 9.73. The minimum Gasteiger partial charge on any atom is -0.508 e. The fraction of sp³-hybridized carbons (Fsp3) is 0.173. The highest BCUT2D eigenvalue weighted by Crippen LogP contribution is 2.63. The Kier molecular flexibility index (Phi) is 11.6. The van der Waals surface area contributed by atoms with Crippen LogP contribution in [0.1, 0.15) is 85.0 Å². The zero-order chi connectivity index (χ0) is 54.7. The van der Waals surface area contributed by atoms with Crippen LogP contribution in [0, 0.1) is 0 Å². The molecule has 0 saturated heterocycles. The largest absolute Gasteiger partial charge is 0.508 e. The van der Waals surface area contributed by atoms with Crippen LogP contribution in [0.2, 0.25) is 0 Å². The van der Waals surface area contributed by atoms with Gasteiger partial charge in [-0.25, -0.2) is 4.79 Å². The first-order valence-electron chi connectivity index (χ1n) is 22.5. The van der Waals surface area contributed by atoms with Gasteiger partial charge in [-0.15, -0.1) is 0 Å². The molecular weight excluding hydrogens is 1010 g/mol. The van der Waals surface area contributed by atoms with E-state index in [1.807, 2.05) is 0 Å². The van der Waals surface area contributed by atoms with Gasteiger partial charge in [0.15, 0.2) is 75.8 Å². The first kappa shape index (κ1) is 49.5. The SMILES string of the molecule is O=C(O[C@@H]1[C@@H](c2c(O)cc(O)c3c2O[C@H](c2ccc(O)c(O)c2O)[C@H](O)[C@H]3c2c(O)cc(O)c3c2O[C@H](c2ccc(O)c(O)c2)[C@@H](O)C3)c2c(O)cc(O)cc2O[C@@H]1c1cc(O)c(O)c(O)c1)c1cc(O)c(O)c(O)c1. The Hall–Kier alpha value is -10.1. The van der Waals surface area contributed by atoms with Crippen molar-refractivity contribution in [2.24, 2.45) is 0 Å². The molecule has 3 heterocycles. The van der Waals surface area contributed by atoms with Crippen molar-refractivity contribution in [1.82, 2.24) is 0 Å². The monoisotopic (exact) mass is 1050 g/mol. The molecule has 3 aliphatic rings. The second kappa shape index (κ2) is 17.8. The van der Waals surface area contributed by atoms with Crippen LogP contribution in [0.3, 0.4) is 0 Å². The number of benzene rings is 7. The number of esters is 1. The smallest absolute Gasteiger partial charge is 0.338 e. The van der Waals surface area contributed by atoms with Gasteiger partial charge in [0.25, 0.3) is 0 Å². The Morgan fingerprint density at radius 2 is 0.974 bits per heavy atom. The van der Waals surface area contributed by atoms with Crippen LogP contribution in [0.5, 0.6) is 115 Å². The summed E-state index contributed by atoms with van der Waals surface area (Å²) in [6.07, 6.45) is -11.8. The molecule has 0 aromatic heterocycles. The van der Waals surface area contributed by atoms with Gasteiger partial charge in [-0.3, -0.25) is 0 Å². The predicted octanol–water partition coefficient (Wildman–Crippen LogP) is 4.84. The zero-order valence-corrected chi connectivity index (χ0v) is 38.4. The molecule has 10 rings (SSSR count). The van der Waals surface area contributed by atoms with Crippen LogP contribution in [-0.2, 0) is 11.2 Å². The number of aliphatic hydroxyl groups is 2. The average Bonchev–Trinajstić information content (AvgIpc) is 3.44. The minimum atomic E-state index is -2.22. The average molecular weight is 1050 g/mol. The van der Waals surface area contributed by atoms with Crippen molar-refractivity contribution in [2.45, 2.75) is 54.9 Å². The minimum absolute atomic E-state index is 0.0414. The zero-order valence-electron chi connectivity index (χ0n) is 38.4. The summed E-state index contributed by atoms with van der Waals surface area (Å²) >= 11 is 0. The summed E-state index contributed by atoms with van der Waals surface area (Å²) < 4.78 is 25.1. The fourth-order valence-corrected chi connectivity index (χ4v) is 10.1. The number of phenolic OH excluding ortho intramolecular Hbond substituents is 17. The molecule has 0 saturated carbocycles. The number of rotatable bonds is 7. The van der Waals surface area contributed by atoms with Crippen LogP contribution in [-0.4, -0.2) is 121 Å². The molecule has 0 spiro atoms. The van der Waals surface area contributed by atoms with Gasteiger partial charge in [0.05, 0.1) is 23.5 Å². The van der Waals surface area contributed by atoms with Gasteiger partial charge >= 0.3 is 5.97 Å². The quantitative estimate of drug-likeness (QED) is 0.0750. The topological polar surface area (TPSA) is 438 Å². The Morgan fingerprint density at radius 3 is 1.61 bits per heavy atom. The highest BCUT2D eigenvalue weighted by molar-refractivity contribution is 5.91. The van der Waals surface area contributed by atoms with E-state index < -0.39 is 209 Å². The number of carbonyl (C=O) groups is 1. The molecule has 3 aliphatic heterocycles. The molecule has 24 heteroatoms. The van der Waals surface area contributed by atoms with Crippen LogP contribution in [0.25, 0.3) is 0 Å². The molecule has 394 valence electrons. The van der Waals surface area contributed by atoms with E-state index in [-0.39, 0.29) is 16.7 Å². The Bertz CT molecular complexity index is 3530. The number of aliphatic hydroxyl groups excluding tert-OH is 2. The third kappa shape index (κ3) is 7.82. The van der Waals surface area contributed by atoms with Crippen molar-refractivity contribution in [3.63, 3.8) is 0 Å². The van der Waals surface area contributed by atoms with Gasteiger partial charge < -0.3 is 116 Å². The molecular formula is C52H42O24. The third-order valence-electron chi connectivity index (χ3n) is 13.6. The molecule has 24 nitrogen and oxygen atoms in total. The summed E-state index contributed by atoms with van der Waals surface area (Å²) in [5.74, 6) is -22.6. The summed E-state index contributed by atoms with van der Waals surface area (Å²) in [7, 11) is 0. The van der Waals surface area contributed by atoms with Crippen molar-refractivity contribution >= 4 is 5.97 Å². The number of hydrogen-bond donors (Lipinski definition) is 19. The van der Waals surface area contributed by atoms with Crippen LogP contribution >= 0.6 is 0 Å². The number of phenols is 17. The van der Waals surface area contributed by atoms with Gasteiger partial charge in [-0.2, -0.15) is 0 Å². The van der Waals surface area contributed by atoms with E-state index in [2.05, 4.69) is 0 Å². The number of aromatic hydroxyl groups is 17. The molecule has 8 atom stereocenters. The summed E-state index contributed by atoms with van der Waals surface area (Å²) in [6.45, 7) is 0. The molecule has 0 fully saturated rings. The van der Waals surface area contributed by atoms with E-state index in [0.717, 1.165) is 54.6 Å². The molecule has 19 N–H and O–H groups in total. The molecule has 0 bridgehead atoms. The molecule has 0 radical (unpaired) electrons. The van der Waals surface area contributed by atoms with Gasteiger partial charge in [-0.1, -0.05) is 6.07 Å². The Balaban J connectivity index is 1.28. The van der Waals surface area contributed by atoms with E-state index >= 15 is 0 Å². The molecule has 0 unspecified atom stereocenters. The molecule has 7 aromatic carbocycles. The highest BCUT2D eigenvalue weighted by Gasteiger charge is 2.53. The fourth-order valence-electron chi connectivity index (χ4n) is 10.1. The van der Waals surface area contributed by atoms with Crippen molar-refractivity contribution in [2.75, 3.05) is 0 Å². The maximum atomic E-state index is 14.4. The standard InChI is InChI=1S/C52H42O24/c53-18-10-25(58)35-34(11-18)73-47(16-6-29(62)42(68)30(63)7-16)51(76-52(72)17-8-31(64)43(69)32(65)9-17)40(35)38-28(61)14-27(60)37-39(45(71)49(75-50(37)38)19-2-4-22(55)44(70)41(19)67)36-26(59)13-23(56)20-12-33(66)46(74-48(20)36)15-1-3-21(54)24(57)5-15/h1-11,13-14,33,39-40,45-47,49,51,53-71H,12H2/t33-,39-,40+,45+,46+,47+,49+,51+/m0/s1. The van der Waals surface area contributed by atoms with Crippen LogP contribution < -0.4 is 14.2 Å². The lowest BCUT2D eigenvalue weighted by Gasteiger charge is -2.44. The normalized spacial score (nSPS) is 21.4. The maximum absolute atomic E-state index is 14.4. The van der Waals surface area contributed by atoms with Crippen molar-refractivity contribution in [3.05, 3.63) is 129 Å². The Labute approximate surface area is 424 Å². The van der Waals surface area contributed by atoms with Crippen molar-refractivity contribution in [1.29, 1.82) is 0 Å². The van der Waals surface area contributed by atoms with Gasteiger partial charge in [0, 0.05) is 69.6 Å². The number of carbonyl (C=O) groups excluding carboxylic acids is 1. The first-order valence-corrected chi connectivity index (χ1v) is 22.5. The van der Waals surface area contributed by atoms with E-state index in [1.54, 1.807) is 0 Å². The Morgan fingerprint density at radius 1 is 0.434 bits per heavy atom. The number of ether oxygens (including phenoxy) is 4. The number of fused-ring (bicyclic) bond motifs is 3. The summed E-state index contributed by atoms with van der Waals surface area (Å²) in [5, 5.41) is 210. The maximum Gasteiger partial charge on any atom is 0.338 e. The lowest BCUT2D eigenvalue weighted by Crippen LogP contribution is -2.40. The van der Waals surface area contributed by atoms with E-state index in [4.69, 9.17) is 18.9 Å². The highest BCUT2D eigenvalue weighted by atomic mass is 16.6. The van der Waals surface area contributed by atoms with Crippen molar-refractivity contribution in [3.8, 4) is 115 Å². The lowest BCUT2D eigenvalue weighted by molar-refractivity contribution is -0.0292. The van der Waals surface area contributed by atoms with E-state index in [0.29, 0.717) is 18.2 Å². The second-order valence-electron chi connectivity index (χ2n) is 18.2. The molecule has 7 aromatic rings. The summed E-state index contributed by atoms with van der Waals surface area (Å²) in [5.41, 5.74) is -3.95. The number of hydrogen-bond acceptors (Lipinski definition) is 24. The van der Waals surface area contributed by atoms with E-state index in [1.165, 1.54) is 6.07 Å². The molecule has 0 amide bonds. The predicted molar refractivity (Wildman–Crippen MR) is 252 cm³/mol. The molecule has 76 heavy (non-hydrogen) atoms.